The second kappa shape index (κ2) is 5.77. The topological polar surface area (TPSA) is 99.6 Å². The van der Waals surface area contributed by atoms with Gasteiger partial charge in [-0.15, -0.1) is 0 Å². The van der Waals surface area contributed by atoms with E-state index in [-0.39, 0.29) is 12.1 Å². The maximum atomic E-state index is 12.7. The molecule has 2 N–H and O–H groups in total. The molecule has 1 fully saturated rings. The van der Waals surface area contributed by atoms with Crippen molar-refractivity contribution in [1.82, 2.24) is 15.2 Å². The summed E-state index contributed by atoms with van der Waals surface area (Å²) in [6, 6.07) is 10.8. The number of amides is 3. The summed E-state index contributed by atoms with van der Waals surface area (Å²) in [4.78, 5) is 41.3. The molecule has 0 bridgehead atoms. The molecule has 0 aliphatic carbocycles. The predicted octanol–water partition coefficient (Wildman–Crippen LogP) is 1.75. The van der Waals surface area contributed by atoms with Crippen molar-refractivity contribution in [3.05, 3.63) is 65.5 Å². The van der Waals surface area contributed by atoms with E-state index in [9.17, 15) is 14.4 Å². The van der Waals surface area contributed by atoms with Gasteiger partial charge in [-0.05, 0) is 36.8 Å². The normalized spacial score (nSPS) is 20.1. The number of aromatic nitrogens is 1. The molecule has 0 radical (unpaired) electrons. The molecular weight excluding hydrogens is 310 g/mol. The first-order chi connectivity index (χ1) is 11.4. The van der Waals surface area contributed by atoms with Crippen LogP contribution in [-0.2, 0) is 16.9 Å². The van der Waals surface area contributed by atoms with Crippen LogP contribution in [0.2, 0.25) is 0 Å². The van der Waals surface area contributed by atoms with Crippen LogP contribution in [0, 0.1) is 0 Å². The second-order valence-electron chi connectivity index (χ2n) is 5.67. The molecule has 1 aromatic carbocycles. The molecule has 2 aromatic rings. The number of urea groups is 1. The molecule has 1 aliphatic rings. The third kappa shape index (κ3) is 2.60. The number of benzene rings is 1. The lowest BCUT2D eigenvalue weighted by Crippen LogP contribution is -2.41. The van der Waals surface area contributed by atoms with Gasteiger partial charge in [0.2, 0.25) is 0 Å². The smallest absolute Gasteiger partial charge is 0.335 e. The Morgan fingerprint density at radius 3 is 2.71 bits per heavy atom. The molecule has 7 nitrogen and oxygen atoms in total. The van der Waals surface area contributed by atoms with Gasteiger partial charge in [0, 0.05) is 6.20 Å². The fraction of sp³-hybridized carbons (Fsp3) is 0.176. The third-order valence-corrected chi connectivity index (χ3v) is 3.97. The molecule has 122 valence electrons. The van der Waals surface area contributed by atoms with Crippen molar-refractivity contribution in [1.29, 1.82) is 0 Å². The number of rotatable bonds is 4. The summed E-state index contributed by atoms with van der Waals surface area (Å²) in [5.41, 5.74) is -0.121. The van der Waals surface area contributed by atoms with Crippen LogP contribution in [0.3, 0.4) is 0 Å². The molecule has 7 heteroatoms. The molecule has 3 amide bonds. The number of hydrogen-bond donors (Lipinski definition) is 2. The Kier molecular flexibility index (Phi) is 3.76. The first-order valence-electron chi connectivity index (χ1n) is 7.29. The quantitative estimate of drug-likeness (QED) is 0.834. The maximum Gasteiger partial charge on any atom is 0.335 e. The number of nitrogens with one attached hydrogen (secondary N) is 1. The van der Waals surface area contributed by atoms with Gasteiger partial charge in [-0.2, -0.15) is 0 Å². The summed E-state index contributed by atoms with van der Waals surface area (Å²) in [6.07, 6.45) is 1.55. The van der Waals surface area contributed by atoms with Crippen LogP contribution < -0.4 is 5.32 Å². The van der Waals surface area contributed by atoms with E-state index in [1.165, 1.54) is 12.1 Å². The molecule has 0 spiro atoms. The van der Waals surface area contributed by atoms with E-state index >= 15 is 0 Å². The maximum absolute atomic E-state index is 12.7. The van der Waals surface area contributed by atoms with Crippen molar-refractivity contribution in [3.63, 3.8) is 0 Å². The zero-order chi connectivity index (χ0) is 17.3. The molecule has 1 saturated heterocycles. The van der Waals surface area contributed by atoms with E-state index in [1.807, 2.05) is 0 Å². The van der Waals surface area contributed by atoms with Gasteiger partial charge < -0.3 is 10.4 Å². The van der Waals surface area contributed by atoms with Crippen LogP contribution in [0.1, 0.15) is 28.5 Å². The number of nitrogens with zero attached hydrogens (tertiary/aromatic N) is 2. The van der Waals surface area contributed by atoms with E-state index in [4.69, 9.17) is 5.11 Å². The van der Waals surface area contributed by atoms with E-state index in [0.717, 1.165) is 4.90 Å². The minimum atomic E-state index is -1.23. The lowest BCUT2D eigenvalue weighted by Gasteiger charge is -2.21. The van der Waals surface area contributed by atoms with Crippen molar-refractivity contribution >= 4 is 17.9 Å². The highest BCUT2D eigenvalue weighted by Gasteiger charge is 2.49. The summed E-state index contributed by atoms with van der Waals surface area (Å²) >= 11 is 0. The van der Waals surface area contributed by atoms with Gasteiger partial charge in [0.25, 0.3) is 5.91 Å². The number of carbonyl (C=O) groups is 3. The Morgan fingerprint density at radius 2 is 2.04 bits per heavy atom. The fourth-order valence-electron chi connectivity index (χ4n) is 2.66. The zero-order valence-corrected chi connectivity index (χ0v) is 12.9. The molecular formula is C17H15N3O4. The molecule has 3 rings (SSSR count). The highest BCUT2D eigenvalue weighted by Crippen LogP contribution is 2.28. The standard InChI is InChI=1S/C17H15N3O4/c1-17(13-7-2-3-8-18-13)15(23)20(16(24)19-17)10-11-5-4-6-12(9-11)14(21)22/h2-9H,10H2,1H3,(H,19,24)(H,21,22). The Bertz CT molecular complexity index is 822. The Labute approximate surface area is 137 Å². The van der Waals surface area contributed by atoms with Crippen molar-refractivity contribution in [2.75, 3.05) is 0 Å². The molecule has 1 unspecified atom stereocenters. The number of hydrogen-bond acceptors (Lipinski definition) is 4. The number of carboxylic acid groups (broad SMARTS) is 1. The van der Waals surface area contributed by atoms with Crippen molar-refractivity contribution in [2.45, 2.75) is 19.0 Å². The molecule has 0 saturated carbocycles. The van der Waals surface area contributed by atoms with Gasteiger partial charge in [-0.1, -0.05) is 18.2 Å². The van der Waals surface area contributed by atoms with Crippen molar-refractivity contribution in [2.24, 2.45) is 0 Å². The van der Waals surface area contributed by atoms with Gasteiger partial charge in [-0.25, -0.2) is 9.59 Å². The van der Waals surface area contributed by atoms with Crippen molar-refractivity contribution < 1.29 is 19.5 Å². The minimum Gasteiger partial charge on any atom is -0.478 e. The number of carbonyl (C=O) groups excluding carboxylic acids is 2. The van der Waals surface area contributed by atoms with Crippen LogP contribution in [0.5, 0.6) is 0 Å². The number of carboxylic acids is 1. The molecule has 1 aliphatic heterocycles. The van der Waals surface area contributed by atoms with E-state index in [1.54, 1.807) is 43.5 Å². The van der Waals surface area contributed by atoms with Gasteiger partial charge in [0.05, 0.1) is 17.8 Å². The first kappa shape index (κ1) is 15.7. The molecule has 1 aromatic heterocycles. The minimum absolute atomic E-state index is 0.00574. The average molecular weight is 325 g/mol. The van der Waals surface area contributed by atoms with Gasteiger partial charge >= 0.3 is 12.0 Å². The predicted molar refractivity (Wildman–Crippen MR) is 84.1 cm³/mol. The van der Waals surface area contributed by atoms with Gasteiger partial charge in [0.1, 0.15) is 0 Å². The fourth-order valence-corrected chi connectivity index (χ4v) is 2.66. The zero-order valence-electron chi connectivity index (χ0n) is 12.9. The van der Waals surface area contributed by atoms with Crippen LogP contribution in [0.4, 0.5) is 4.79 Å². The van der Waals surface area contributed by atoms with Crippen molar-refractivity contribution in [3.8, 4) is 0 Å². The number of pyridine rings is 1. The summed E-state index contributed by atoms with van der Waals surface area (Å²) in [7, 11) is 0. The number of aromatic carboxylic acids is 1. The lowest BCUT2D eigenvalue weighted by molar-refractivity contribution is -0.131. The molecule has 24 heavy (non-hydrogen) atoms. The first-order valence-corrected chi connectivity index (χ1v) is 7.29. The summed E-state index contributed by atoms with van der Waals surface area (Å²) in [5.74, 6) is -1.49. The van der Waals surface area contributed by atoms with E-state index < -0.39 is 23.4 Å². The lowest BCUT2D eigenvalue weighted by atomic mass is 9.97. The van der Waals surface area contributed by atoms with E-state index in [2.05, 4.69) is 10.3 Å². The molecule has 2 heterocycles. The van der Waals surface area contributed by atoms with Gasteiger partial charge in [0.15, 0.2) is 5.54 Å². The average Bonchev–Trinajstić information content (AvgIpc) is 2.80. The Hall–Kier alpha value is -3.22. The monoisotopic (exact) mass is 325 g/mol. The van der Waals surface area contributed by atoms with Crippen LogP contribution in [-0.4, -0.2) is 32.9 Å². The van der Waals surface area contributed by atoms with Gasteiger partial charge in [-0.3, -0.25) is 14.7 Å². The highest BCUT2D eigenvalue weighted by atomic mass is 16.4. The highest BCUT2D eigenvalue weighted by molar-refractivity contribution is 6.06. The van der Waals surface area contributed by atoms with Crippen LogP contribution >= 0.6 is 0 Å². The van der Waals surface area contributed by atoms with Crippen LogP contribution in [0.25, 0.3) is 0 Å². The Balaban J connectivity index is 1.88. The van der Waals surface area contributed by atoms with Crippen LogP contribution in [0.15, 0.2) is 48.7 Å². The summed E-state index contributed by atoms with van der Waals surface area (Å²) in [6.45, 7) is 1.59. The summed E-state index contributed by atoms with van der Waals surface area (Å²) < 4.78 is 0. The third-order valence-electron chi connectivity index (χ3n) is 3.97. The van der Waals surface area contributed by atoms with E-state index in [0.29, 0.717) is 11.3 Å². The largest absolute Gasteiger partial charge is 0.478 e. The SMILES string of the molecule is CC1(c2ccccn2)NC(=O)N(Cc2cccc(C(=O)O)c2)C1=O. The second-order valence-corrected chi connectivity index (χ2v) is 5.67. The molecule has 1 atom stereocenters. The Morgan fingerprint density at radius 1 is 1.25 bits per heavy atom. The number of imide groups is 1. The summed E-state index contributed by atoms with van der Waals surface area (Å²) in [5, 5.41) is 11.7.